The standard InChI is InChI=1S/C25H34FNO5/c1-16-11-25(3,15-30-12-17(2)28)22-13-31-19-9-7-18(8-10-19)24-20(26)5-4-6-21(24)32-14-23(29)27(16)22/h4-6,16,18-19,22H,7-15H2,1-3H3/t16-,18?,19?,22+,25+/m1/s1. The first-order valence-electron chi connectivity index (χ1n) is 11.7. The maximum atomic E-state index is 14.7. The second-order valence-electron chi connectivity index (χ2n) is 9.97. The van der Waals surface area contributed by atoms with Gasteiger partial charge in [0.1, 0.15) is 18.2 Å². The van der Waals surface area contributed by atoms with E-state index in [2.05, 4.69) is 6.92 Å². The van der Waals surface area contributed by atoms with E-state index in [9.17, 15) is 14.0 Å². The van der Waals surface area contributed by atoms with Gasteiger partial charge in [0.25, 0.3) is 5.91 Å². The highest BCUT2D eigenvalue weighted by Crippen LogP contribution is 2.44. The van der Waals surface area contributed by atoms with Crippen molar-refractivity contribution >= 4 is 11.7 Å². The Labute approximate surface area is 189 Å². The highest BCUT2D eigenvalue weighted by Gasteiger charge is 2.50. The number of hydrogen-bond donors (Lipinski definition) is 0. The van der Waals surface area contributed by atoms with Crippen molar-refractivity contribution in [3.63, 3.8) is 0 Å². The smallest absolute Gasteiger partial charge is 0.261 e. The summed E-state index contributed by atoms with van der Waals surface area (Å²) in [7, 11) is 0. The van der Waals surface area contributed by atoms with Gasteiger partial charge in [-0.05, 0) is 64.0 Å². The lowest BCUT2D eigenvalue weighted by Gasteiger charge is -2.37. The van der Waals surface area contributed by atoms with Crippen LogP contribution in [-0.2, 0) is 19.1 Å². The highest BCUT2D eigenvalue weighted by molar-refractivity contribution is 5.79. The number of amides is 1. The van der Waals surface area contributed by atoms with E-state index in [1.165, 1.54) is 13.0 Å². The molecule has 0 radical (unpaired) electrons. The summed E-state index contributed by atoms with van der Waals surface area (Å²) >= 11 is 0. The molecule has 1 amide bonds. The number of rotatable bonds is 4. The molecule has 1 aliphatic carbocycles. The van der Waals surface area contributed by atoms with Gasteiger partial charge in [0.15, 0.2) is 12.4 Å². The average molecular weight is 448 g/mol. The predicted octanol–water partition coefficient (Wildman–Crippen LogP) is 3.86. The second-order valence-corrected chi connectivity index (χ2v) is 9.97. The van der Waals surface area contributed by atoms with Crippen LogP contribution >= 0.6 is 0 Å². The molecular weight excluding hydrogens is 413 g/mol. The number of ether oxygens (including phenoxy) is 3. The number of ketones is 1. The minimum atomic E-state index is -0.327. The Hall–Kier alpha value is -1.99. The lowest BCUT2D eigenvalue weighted by Crippen LogP contribution is -2.50. The van der Waals surface area contributed by atoms with Crippen LogP contribution in [0.25, 0.3) is 0 Å². The SMILES string of the molecule is CC(=O)COC[C@]1(C)C[C@@H](C)N2C(=O)COc3cccc(F)c3C3CCC(CC3)OC[C@H]21. The average Bonchev–Trinajstić information content (AvgIpc) is 3.00. The summed E-state index contributed by atoms with van der Waals surface area (Å²) in [6, 6.07) is 4.68. The molecule has 32 heavy (non-hydrogen) atoms. The van der Waals surface area contributed by atoms with E-state index in [4.69, 9.17) is 14.2 Å². The van der Waals surface area contributed by atoms with E-state index in [1.54, 1.807) is 12.1 Å². The molecule has 2 bridgehead atoms. The molecule has 0 N–H and O–H groups in total. The number of fused-ring (bicyclic) bond motifs is 5. The molecule has 5 rings (SSSR count). The topological polar surface area (TPSA) is 65.1 Å². The summed E-state index contributed by atoms with van der Waals surface area (Å²) < 4.78 is 32.7. The van der Waals surface area contributed by atoms with Crippen LogP contribution in [0.1, 0.15) is 64.4 Å². The van der Waals surface area contributed by atoms with E-state index in [0.717, 1.165) is 32.1 Å². The van der Waals surface area contributed by atoms with Crippen molar-refractivity contribution in [1.82, 2.24) is 4.90 Å². The number of halogens is 1. The van der Waals surface area contributed by atoms with Crippen LogP contribution in [0.3, 0.4) is 0 Å². The van der Waals surface area contributed by atoms with E-state index < -0.39 is 0 Å². The fourth-order valence-corrected chi connectivity index (χ4v) is 5.84. The Morgan fingerprint density at radius 1 is 1.28 bits per heavy atom. The van der Waals surface area contributed by atoms with Crippen molar-refractivity contribution in [3.8, 4) is 5.75 Å². The van der Waals surface area contributed by atoms with Gasteiger partial charge in [-0.3, -0.25) is 9.59 Å². The Balaban J connectivity index is 1.61. The minimum absolute atomic E-state index is 0.0148. The monoisotopic (exact) mass is 447 g/mol. The quantitative estimate of drug-likeness (QED) is 0.701. The Kier molecular flexibility index (Phi) is 6.86. The van der Waals surface area contributed by atoms with E-state index in [1.807, 2.05) is 11.8 Å². The zero-order valence-corrected chi connectivity index (χ0v) is 19.3. The van der Waals surface area contributed by atoms with Crippen molar-refractivity contribution in [3.05, 3.63) is 29.6 Å². The Morgan fingerprint density at radius 3 is 2.75 bits per heavy atom. The summed E-state index contributed by atoms with van der Waals surface area (Å²) in [6.07, 6.45) is 4.22. The van der Waals surface area contributed by atoms with Crippen LogP contribution in [0.4, 0.5) is 4.39 Å². The highest BCUT2D eigenvalue weighted by atomic mass is 19.1. The molecule has 3 heterocycles. The van der Waals surface area contributed by atoms with Crippen LogP contribution in [0.15, 0.2) is 18.2 Å². The summed E-state index contributed by atoms with van der Waals surface area (Å²) in [6.45, 7) is 6.37. The number of Topliss-reactive ketones (excluding diaryl/α,β-unsaturated/α-hetero) is 1. The van der Waals surface area contributed by atoms with Crippen LogP contribution in [-0.4, -0.2) is 61.2 Å². The van der Waals surface area contributed by atoms with Crippen molar-refractivity contribution < 1.29 is 28.2 Å². The number of hydrogen-bond acceptors (Lipinski definition) is 5. The third kappa shape index (κ3) is 4.69. The van der Waals surface area contributed by atoms with Gasteiger partial charge >= 0.3 is 0 Å². The van der Waals surface area contributed by atoms with Crippen LogP contribution in [0.5, 0.6) is 5.75 Å². The largest absolute Gasteiger partial charge is 0.483 e. The van der Waals surface area contributed by atoms with E-state index in [-0.39, 0.29) is 60.2 Å². The van der Waals surface area contributed by atoms with Gasteiger partial charge < -0.3 is 19.1 Å². The molecule has 0 unspecified atom stereocenters. The molecule has 4 aliphatic rings. The van der Waals surface area contributed by atoms with Crippen LogP contribution in [0.2, 0.25) is 0 Å². The lowest BCUT2D eigenvalue weighted by molar-refractivity contribution is -0.140. The molecule has 1 aromatic carbocycles. The molecule has 3 aliphatic heterocycles. The number of carbonyl (C=O) groups excluding carboxylic acids is 2. The normalized spacial score (nSPS) is 32.9. The molecule has 0 aromatic heterocycles. The summed E-state index contributed by atoms with van der Waals surface area (Å²) in [5.41, 5.74) is 0.262. The third-order valence-corrected chi connectivity index (χ3v) is 7.34. The molecule has 0 spiro atoms. The van der Waals surface area contributed by atoms with Gasteiger partial charge in [-0.15, -0.1) is 0 Å². The van der Waals surface area contributed by atoms with Crippen molar-refractivity contribution in [1.29, 1.82) is 0 Å². The first-order valence-corrected chi connectivity index (χ1v) is 11.7. The summed E-state index contributed by atoms with van der Waals surface area (Å²) in [5.74, 6) is 0.124. The van der Waals surface area contributed by atoms with Gasteiger partial charge in [0.2, 0.25) is 0 Å². The van der Waals surface area contributed by atoms with Crippen LogP contribution < -0.4 is 4.74 Å². The first kappa shape index (κ1) is 23.2. The molecule has 1 saturated carbocycles. The molecule has 1 aromatic rings. The van der Waals surface area contributed by atoms with E-state index >= 15 is 0 Å². The minimum Gasteiger partial charge on any atom is -0.483 e. The molecule has 176 valence electrons. The fourth-order valence-electron chi connectivity index (χ4n) is 5.84. The molecule has 3 atom stereocenters. The molecule has 2 fully saturated rings. The molecule has 1 saturated heterocycles. The van der Waals surface area contributed by atoms with Gasteiger partial charge in [-0.25, -0.2) is 4.39 Å². The Morgan fingerprint density at radius 2 is 2.03 bits per heavy atom. The second kappa shape index (κ2) is 9.48. The van der Waals surface area contributed by atoms with Gasteiger partial charge in [0, 0.05) is 17.0 Å². The Bertz CT molecular complexity index is 853. The summed E-state index contributed by atoms with van der Waals surface area (Å²) in [4.78, 5) is 26.5. The molecular formula is C25H34FNO5. The number of carbonyl (C=O) groups is 2. The maximum Gasteiger partial charge on any atom is 0.261 e. The van der Waals surface area contributed by atoms with Gasteiger partial charge in [0.05, 0.1) is 25.4 Å². The maximum absolute atomic E-state index is 14.7. The van der Waals surface area contributed by atoms with E-state index in [0.29, 0.717) is 24.5 Å². The van der Waals surface area contributed by atoms with Crippen molar-refractivity contribution in [2.75, 3.05) is 26.4 Å². The van der Waals surface area contributed by atoms with Gasteiger partial charge in [-0.1, -0.05) is 13.0 Å². The molecule has 6 nitrogen and oxygen atoms in total. The number of nitrogens with zero attached hydrogens (tertiary/aromatic N) is 1. The first-order chi connectivity index (χ1) is 15.3. The third-order valence-electron chi connectivity index (χ3n) is 7.34. The fraction of sp³-hybridized carbons (Fsp3) is 0.680. The molecule has 7 heteroatoms. The zero-order valence-electron chi connectivity index (χ0n) is 19.3. The zero-order chi connectivity index (χ0) is 22.9. The summed E-state index contributed by atoms with van der Waals surface area (Å²) in [5, 5.41) is 0. The predicted molar refractivity (Wildman–Crippen MR) is 117 cm³/mol. The lowest BCUT2D eigenvalue weighted by atomic mass is 9.81. The van der Waals surface area contributed by atoms with Crippen molar-refractivity contribution in [2.24, 2.45) is 5.41 Å². The van der Waals surface area contributed by atoms with Crippen molar-refractivity contribution in [2.45, 2.75) is 77.0 Å². The number of benzene rings is 1. The van der Waals surface area contributed by atoms with Crippen LogP contribution in [0, 0.1) is 11.2 Å². The van der Waals surface area contributed by atoms with Gasteiger partial charge in [-0.2, -0.15) is 0 Å².